The van der Waals surface area contributed by atoms with Gasteiger partial charge < -0.3 is 9.64 Å². The summed E-state index contributed by atoms with van der Waals surface area (Å²) in [6.45, 7) is 2.42. The molecule has 0 aliphatic carbocycles. The van der Waals surface area contributed by atoms with Crippen LogP contribution in [0.5, 0.6) is 0 Å². The van der Waals surface area contributed by atoms with Crippen LogP contribution in [-0.4, -0.2) is 44.8 Å². The second-order valence-corrected chi connectivity index (χ2v) is 7.57. The smallest absolute Gasteiger partial charge is 0.0721 e. The number of ether oxygens (including phenoxy) is 1. The van der Waals surface area contributed by atoms with E-state index in [0.29, 0.717) is 16.7 Å². The Kier molecular flexibility index (Phi) is 6.13. The Labute approximate surface area is 164 Å². The van der Waals surface area contributed by atoms with E-state index in [9.17, 15) is 0 Å². The van der Waals surface area contributed by atoms with Crippen LogP contribution in [0.2, 0.25) is 15.1 Å². The first-order chi connectivity index (χ1) is 12.0. The van der Waals surface area contributed by atoms with Gasteiger partial charge in [0.2, 0.25) is 0 Å². The zero-order valence-corrected chi connectivity index (χ0v) is 16.5. The highest BCUT2D eigenvalue weighted by molar-refractivity contribution is 6.36. The highest BCUT2D eigenvalue weighted by atomic mass is 35.5. The molecule has 0 unspecified atom stereocenters. The molecule has 1 heterocycles. The number of halogens is 3. The molecule has 134 valence electrons. The fraction of sp³-hybridized carbons (Fsp3) is 0.368. The summed E-state index contributed by atoms with van der Waals surface area (Å²) in [5.41, 5.74) is 2.17. The molecule has 1 aliphatic heterocycles. The minimum atomic E-state index is 0.106. The van der Waals surface area contributed by atoms with Gasteiger partial charge in [-0.3, -0.25) is 4.90 Å². The number of hydrogen-bond acceptors (Lipinski definition) is 3. The van der Waals surface area contributed by atoms with Crippen LogP contribution in [0.25, 0.3) is 0 Å². The largest absolute Gasteiger partial charge is 0.383 e. The molecular weight excluding hydrogens is 379 g/mol. The Bertz CT molecular complexity index is 723. The van der Waals surface area contributed by atoms with Crippen LogP contribution in [0.3, 0.4) is 0 Å². The third-order valence-electron chi connectivity index (χ3n) is 4.73. The lowest BCUT2D eigenvalue weighted by molar-refractivity contribution is 0.0745. The van der Waals surface area contributed by atoms with E-state index in [1.54, 1.807) is 13.2 Å². The number of methoxy groups -OCH3 is 1. The Morgan fingerprint density at radius 3 is 2.32 bits per heavy atom. The second-order valence-electron chi connectivity index (χ2n) is 6.29. The van der Waals surface area contributed by atoms with Crippen molar-refractivity contribution in [2.75, 3.05) is 38.8 Å². The van der Waals surface area contributed by atoms with E-state index in [0.717, 1.165) is 23.8 Å². The fourth-order valence-corrected chi connectivity index (χ4v) is 4.10. The molecular formula is C19H21Cl3N2O. The van der Waals surface area contributed by atoms with Crippen LogP contribution in [0.15, 0.2) is 42.5 Å². The number of anilines is 1. The van der Waals surface area contributed by atoms with Gasteiger partial charge >= 0.3 is 0 Å². The zero-order valence-electron chi connectivity index (χ0n) is 14.3. The lowest BCUT2D eigenvalue weighted by atomic mass is 9.94. The molecule has 2 aromatic carbocycles. The topological polar surface area (TPSA) is 15.7 Å². The Hall–Kier alpha value is -0.970. The lowest BCUT2D eigenvalue weighted by Gasteiger charge is -2.47. The average Bonchev–Trinajstić information content (AvgIpc) is 2.58. The summed E-state index contributed by atoms with van der Waals surface area (Å²) in [5, 5.41) is 2.03. The van der Waals surface area contributed by atoms with E-state index >= 15 is 0 Å². The van der Waals surface area contributed by atoms with Crippen molar-refractivity contribution in [3.8, 4) is 0 Å². The quantitative estimate of drug-likeness (QED) is 0.706. The van der Waals surface area contributed by atoms with Crippen LogP contribution in [0, 0.1) is 0 Å². The van der Waals surface area contributed by atoms with E-state index in [2.05, 4.69) is 29.0 Å². The normalized spacial score (nSPS) is 21.6. The van der Waals surface area contributed by atoms with E-state index in [1.807, 2.05) is 24.3 Å². The van der Waals surface area contributed by atoms with Crippen molar-refractivity contribution in [2.45, 2.75) is 12.1 Å². The van der Waals surface area contributed by atoms with Gasteiger partial charge in [-0.2, -0.15) is 0 Å². The fourth-order valence-electron chi connectivity index (χ4n) is 3.45. The average molecular weight is 400 g/mol. The van der Waals surface area contributed by atoms with Gasteiger partial charge in [0.25, 0.3) is 0 Å². The summed E-state index contributed by atoms with van der Waals surface area (Å²) < 4.78 is 5.51. The van der Waals surface area contributed by atoms with Crippen molar-refractivity contribution in [3.63, 3.8) is 0 Å². The molecule has 3 nitrogen and oxygen atoms in total. The molecule has 0 aromatic heterocycles. The molecule has 25 heavy (non-hydrogen) atoms. The highest BCUT2D eigenvalue weighted by Gasteiger charge is 2.36. The van der Waals surface area contributed by atoms with Crippen LogP contribution >= 0.6 is 34.8 Å². The van der Waals surface area contributed by atoms with Crippen molar-refractivity contribution in [3.05, 3.63) is 63.1 Å². The minimum Gasteiger partial charge on any atom is -0.383 e. The first-order valence-electron chi connectivity index (χ1n) is 8.17. The number of benzene rings is 2. The van der Waals surface area contributed by atoms with E-state index in [1.165, 1.54) is 5.56 Å². The number of rotatable bonds is 4. The van der Waals surface area contributed by atoms with E-state index in [-0.39, 0.29) is 12.1 Å². The zero-order chi connectivity index (χ0) is 18.0. The molecule has 0 radical (unpaired) electrons. The number of hydrogen-bond donors (Lipinski definition) is 0. The lowest BCUT2D eigenvalue weighted by Crippen LogP contribution is -2.55. The van der Waals surface area contributed by atoms with Gasteiger partial charge in [-0.15, -0.1) is 0 Å². The first kappa shape index (κ1) is 18.8. The Morgan fingerprint density at radius 1 is 1.00 bits per heavy atom. The molecule has 0 bridgehead atoms. The molecule has 0 spiro atoms. The predicted octanol–water partition coefficient (Wildman–Crippen LogP) is 5.15. The SMILES string of the molecule is COC[C@H]1[C@H](c2ccc(Cl)cc2)N(c2ccc(Cl)cc2Cl)CCN1C. The number of piperazine rings is 1. The van der Waals surface area contributed by atoms with Gasteiger partial charge in [-0.05, 0) is 42.9 Å². The molecule has 0 N–H and O–H groups in total. The molecule has 1 saturated heterocycles. The molecule has 3 rings (SSSR count). The van der Waals surface area contributed by atoms with Crippen molar-refractivity contribution in [1.82, 2.24) is 4.90 Å². The number of nitrogens with zero attached hydrogens (tertiary/aromatic N) is 2. The number of likely N-dealkylation sites (N-methyl/N-ethyl adjacent to an activating group) is 1. The van der Waals surface area contributed by atoms with Crippen molar-refractivity contribution in [1.29, 1.82) is 0 Å². The third kappa shape index (κ3) is 4.07. The molecule has 1 aliphatic rings. The van der Waals surface area contributed by atoms with Gasteiger partial charge in [-0.1, -0.05) is 46.9 Å². The maximum Gasteiger partial charge on any atom is 0.0721 e. The van der Waals surface area contributed by atoms with Gasteiger partial charge in [0.05, 0.1) is 29.4 Å². The van der Waals surface area contributed by atoms with Crippen LogP contribution in [0.1, 0.15) is 11.6 Å². The maximum absolute atomic E-state index is 6.51. The summed E-state index contributed by atoms with van der Waals surface area (Å²) in [6.07, 6.45) is 0. The predicted molar refractivity (Wildman–Crippen MR) is 106 cm³/mol. The summed E-state index contributed by atoms with van der Waals surface area (Å²) >= 11 is 18.7. The Balaban J connectivity index is 2.06. The van der Waals surface area contributed by atoms with Crippen molar-refractivity contribution >= 4 is 40.5 Å². The van der Waals surface area contributed by atoms with Gasteiger partial charge in [0.1, 0.15) is 0 Å². The van der Waals surface area contributed by atoms with Gasteiger partial charge in [0, 0.05) is 30.2 Å². The molecule has 1 fully saturated rings. The minimum absolute atomic E-state index is 0.106. The summed E-state index contributed by atoms with van der Waals surface area (Å²) in [7, 11) is 3.87. The molecule has 6 heteroatoms. The summed E-state index contributed by atoms with van der Waals surface area (Å²) in [5.74, 6) is 0. The molecule has 2 aromatic rings. The van der Waals surface area contributed by atoms with Crippen LogP contribution in [0.4, 0.5) is 5.69 Å². The molecule has 0 saturated carbocycles. The van der Waals surface area contributed by atoms with Crippen LogP contribution in [-0.2, 0) is 4.74 Å². The van der Waals surface area contributed by atoms with Crippen molar-refractivity contribution < 1.29 is 4.74 Å². The molecule has 0 amide bonds. The first-order valence-corrected chi connectivity index (χ1v) is 9.31. The third-order valence-corrected chi connectivity index (χ3v) is 5.52. The molecule has 2 atom stereocenters. The van der Waals surface area contributed by atoms with Crippen LogP contribution < -0.4 is 4.90 Å². The second kappa shape index (κ2) is 8.15. The summed E-state index contributed by atoms with van der Waals surface area (Å²) in [6, 6.07) is 14.0. The standard InChI is InChI=1S/C19H21Cl3N2O/c1-23-9-10-24(17-8-7-15(21)11-16(17)22)19(18(23)12-25-2)13-3-5-14(20)6-4-13/h3-8,11,18-19H,9-10,12H2,1-2H3/t18-,19-/m0/s1. The van der Waals surface area contributed by atoms with Crippen molar-refractivity contribution in [2.24, 2.45) is 0 Å². The maximum atomic E-state index is 6.51. The Morgan fingerprint density at radius 2 is 1.68 bits per heavy atom. The monoisotopic (exact) mass is 398 g/mol. The van der Waals surface area contributed by atoms with Gasteiger partial charge in [0.15, 0.2) is 0 Å². The van der Waals surface area contributed by atoms with E-state index in [4.69, 9.17) is 39.5 Å². The summed E-state index contributed by atoms with van der Waals surface area (Å²) in [4.78, 5) is 4.68. The highest BCUT2D eigenvalue weighted by Crippen LogP contribution is 2.39. The van der Waals surface area contributed by atoms with E-state index < -0.39 is 0 Å². The van der Waals surface area contributed by atoms with Gasteiger partial charge in [-0.25, -0.2) is 0 Å².